The van der Waals surface area contributed by atoms with Crippen molar-refractivity contribution < 1.29 is 28.6 Å². The van der Waals surface area contributed by atoms with Crippen molar-refractivity contribution in [3.63, 3.8) is 0 Å². The summed E-state index contributed by atoms with van der Waals surface area (Å²) >= 11 is 0. The van der Waals surface area contributed by atoms with Crippen LogP contribution in [0, 0.1) is 0 Å². The minimum atomic E-state index is -0.777. The topological polar surface area (TPSA) is 78.9 Å². The van der Waals surface area contributed by atoms with Gasteiger partial charge in [0, 0.05) is 19.3 Å². The van der Waals surface area contributed by atoms with Crippen LogP contribution < -0.4 is 0 Å². The first-order valence-electron chi connectivity index (χ1n) is 34.8. The molecule has 0 aromatic heterocycles. The van der Waals surface area contributed by atoms with Crippen LogP contribution in [-0.4, -0.2) is 37.2 Å². The van der Waals surface area contributed by atoms with E-state index in [-0.39, 0.29) is 31.1 Å². The summed E-state index contributed by atoms with van der Waals surface area (Å²) in [6.07, 6.45) is 86.6. The smallest absolute Gasteiger partial charge is 0.306 e. The number of esters is 3. The molecule has 0 N–H and O–H groups in total. The van der Waals surface area contributed by atoms with Crippen molar-refractivity contribution in [3.8, 4) is 0 Å². The predicted octanol–water partition coefficient (Wildman–Crippen LogP) is 23.9. The average molecular weight is 1110 g/mol. The van der Waals surface area contributed by atoms with Gasteiger partial charge in [0.25, 0.3) is 0 Å². The minimum Gasteiger partial charge on any atom is -0.462 e. The Morgan fingerprint density at radius 1 is 0.266 bits per heavy atom. The number of hydrogen-bond donors (Lipinski definition) is 0. The van der Waals surface area contributed by atoms with Crippen LogP contribution in [0.4, 0.5) is 0 Å². The molecular weight excluding hydrogens is 973 g/mol. The Labute approximate surface area is 491 Å². The first-order valence-corrected chi connectivity index (χ1v) is 34.8. The zero-order chi connectivity index (χ0) is 57.1. The van der Waals surface area contributed by atoms with Crippen LogP contribution in [-0.2, 0) is 28.6 Å². The minimum absolute atomic E-state index is 0.0717. The van der Waals surface area contributed by atoms with Crippen molar-refractivity contribution in [1.29, 1.82) is 0 Å². The number of rotatable bonds is 64. The Kier molecular flexibility index (Phi) is 65.1. The lowest BCUT2D eigenvalue weighted by Gasteiger charge is -2.18. The summed E-state index contributed by atoms with van der Waals surface area (Å²) in [5.41, 5.74) is 0. The summed E-state index contributed by atoms with van der Waals surface area (Å²) in [6.45, 7) is 6.59. The maximum atomic E-state index is 13.0. The molecule has 0 fully saturated rings. The van der Waals surface area contributed by atoms with Crippen molar-refractivity contribution >= 4 is 17.9 Å². The molecular formula is C73H132O6. The second-order valence-corrected chi connectivity index (χ2v) is 23.4. The number of unbranched alkanes of at least 4 members (excludes halogenated alkanes) is 43. The largest absolute Gasteiger partial charge is 0.462 e. The van der Waals surface area contributed by atoms with Crippen LogP contribution in [0.25, 0.3) is 0 Å². The van der Waals surface area contributed by atoms with Crippen LogP contribution >= 0.6 is 0 Å². The maximum Gasteiger partial charge on any atom is 0.306 e. The highest BCUT2D eigenvalue weighted by atomic mass is 16.6. The molecule has 0 radical (unpaired) electrons. The highest BCUT2D eigenvalue weighted by molar-refractivity contribution is 5.71. The normalized spacial score (nSPS) is 12.4. The average Bonchev–Trinajstić information content (AvgIpc) is 3.45. The Bertz CT molecular complexity index is 1410. The predicted molar refractivity (Wildman–Crippen MR) is 344 cm³/mol. The van der Waals surface area contributed by atoms with Crippen LogP contribution in [0.5, 0.6) is 0 Å². The van der Waals surface area contributed by atoms with E-state index in [1.54, 1.807) is 0 Å². The van der Waals surface area contributed by atoms with E-state index < -0.39 is 6.10 Å². The Balaban J connectivity index is 4.34. The Hall–Kier alpha value is -2.89. The molecule has 0 saturated carbocycles. The fraction of sp³-hybridized carbons (Fsp3) is 0.822. The van der Waals surface area contributed by atoms with E-state index in [9.17, 15) is 14.4 Å². The van der Waals surface area contributed by atoms with Gasteiger partial charge in [-0.05, 0) is 83.5 Å². The summed E-state index contributed by atoms with van der Waals surface area (Å²) in [5.74, 6) is -0.853. The molecule has 460 valence electrons. The molecule has 0 aromatic carbocycles. The molecule has 79 heavy (non-hydrogen) atoms. The fourth-order valence-corrected chi connectivity index (χ4v) is 10.3. The third-order valence-electron chi connectivity index (χ3n) is 15.5. The molecule has 0 bridgehead atoms. The quantitative estimate of drug-likeness (QED) is 0.0261. The van der Waals surface area contributed by atoms with E-state index in [0.717, 1.165) is 83.5 Å². The van der Waals surface area contributed by atoms with Crippen molar-refractivity contribution in [3.05, 3.63) is 60.8 Å². The number of ether oxygens (including phenoxy) is 3. The zero-order valence-electron chi connectivity index (χ0n) is 52.9. The molecule has 6 heteroatoms. The molecule has 0 rings (SSSR count). The highest BCUT2D eigenvalue weighted by Crippen LogP contribution is 2.18. The van der Waals surface area contributed by atoms with Gasteiger partial charge in [-0.1, -0.05) is 326 Å². The summed E-state index contributed by atoms with van der Waals surface area (Å²) in [7, 11) is 0. The molecule has 0 aliphatic carbocycles. The van der Waals surface area contributed by atoms with Crippen molar-refractivity contribution in [2.45, 2.75) is 374 Å². The van der Waals surface area contributed by atoms with E-state index in [1.165, 1.54) is 244 Å². The van der Waals surface area contributed by atoms with Crippen LogP contribution in [0.3, 0.4) is 0 Å². The molecule has 0 amide bonds. The van der Waals surface area contributed by atoms with Gasteiger partial charge < -0.3 is 14.2 Å². The number of hydrogen-bond acceptors (Lipinski definition) is 6. The molecule has 0 aliphatic heterocycles. The lowest BCUT2D eigenvalue weighted by Crippen LogP contribution is -2.30. The molecule has 0 saturated heterocycles. The molecule has 0 spiro atoms. The molecule has 1 unspecified atom stereocenters. The van der Waals surface area contributed by atoms with E-state index >= 15 is 0 Å². The van der Waals surface area contributed by atoms with Crippen LogP contribution in [0.15, 0.2) is 60.8 Å². The second kappa shape index (κ2) is 67.6. The van der Waals surface area contributed by atoms with Gasteiger partial charge in [0.05, 0.1) is 0 Å². The second-order valence-electron chi connectivity index (χ2n) is 23.4. The SMILES string of the molecule is CC/C=C\C/C=C\C/C=C\C/C=C\CCCCCCCCCCCCC(=O)OCC(COC(=O)CCCCCCCCCCCCCCCCCCCCC)OC(=O)CCCCCCCCCCC/C=C\CCCCCCCC. The molecule has 0 aromatic rings. The van der Waals surface area contributed by atoms with Gasteiger partial charge in [-0.3, -0.25) is 14.4 Å². The number of carbonyl (C=O) groups excluding carboxylic acids is 3. The van der Waals surface area contributed by atoms with E-state index in [4.69, 9.17) is 14.2 Å². The standard InChI is InChI=1S/C73H132O6/c1-4-7-10-13-16-19-22-25-28-31-34-35-36-37-40-42-45-48-51-54-57-60-63-66-72(75)78-69-70(79-73(76)67-64-61-58-55-52-49-46-43-39-33-30-27-24-21-18-15-12-9-6-3)68-77-71(74)65-62-59-56-53-50-47-44-41-38-32-29-26-23-20-17-14-11-8-5-2/h7,10,16,19,25,27-28,30,34-35,70H,4-6,8-9,11-15,17-18,20-24,26,29,31-33,36-69H2,1-3H3/b10-7-,19-16-,28-25-,30-27-,35-34-. The van der Waals surface area contributed by atoms with E-state index in [0.29, 0.717) is 19.3 Å². The van der Waals surface area contributed by atoms with E-state index in [1.807, 2.05) is 0 Å². The van der Waals surface area contributed by atoms with Gasteiger partial charge in [-0.15, -0.1) is 0 Å². The maximum absolute atomic E-state index is 13.0. The molecule has 1 atom stereocenters. The first-order chi connectivity index (χ1) is 39.0. The van der Waals surface area contributed by atoms with Gasteiger partial charge in [0.15, 0.2) is 6.10 Å². The molecule has 0 aliphatic rings. The highest BCUT2D eigenvalue weighted by Gasteiger charge is 2.19. The first kappa shape index (κ1) is 76.1. The van der Waals surface area contributed by atoms with Crippen LogP contribution in [0.2, 0.25) is 0 Å². The molecule has 0 heterocycles. The van der Waals surface area contributed by atoms with Gasteiger partial charge in [-0.25, -0.2) is 0 Å². The number of carbonyl (C=O) groups is 3. The van der Waals surface area contributed by atoms with Gasteiger partial charge >= 0.3 is 17.9 Å². The summed E-state index contributed by atoms with van der Waals surface area (Å²) in [5, 5.41) is 0. The van der Waals surface area contributed by atoms with Crippen molar-refractivity contribution in [2.24, 2.45) is 0 Å². The summed E-state index contributed by atoms with van der Waals surface area (Å²) < 4.78 is 17.0. The Morgan fingerprint density at radius 2 is 0.494 bits per heavy atom. The third kappa shape index (κ3) is 65.8. The zero-order valence-corrected chi connectivity index (χ0v) is 52.9. The monoisotopic (exact) mass is 1110 g/mol. The van der Waals surface area contributed by atoms with E-state index in [2.05, 4.69) is 81.5 Å². The number of allylic oxidation sites excluding steroid dienone is 10. The van der Waals surface area contributed by atoms with Gasteiger partial charge in [0.1, 0.15) is 13.2 Å². The lowest BCUT2D eigenvalue weighted by atomic mass is 10.0. The van der Waals surface area contributed by atoms with Crippen molar-refractivity contribution in [1.82, 2.24) is 0 Å². The van der Waals surface area contributed by atoms with Crippen LogP contribution in [0.1, 0.15) is 367 Å². The van der Waals surface area contributed by atoms with Crippen molar-refractivity contribution in [2.75, 3.05) is 13.2 Å². The molecule has 6 nitrogen and oxygen atoms in total. The Morgan fingerprint density at radius 3 is 0.785 bits per heavy atom. The summed E-state index contributed by atoms with van der Waals surface area (Å²) in [6, 6.07) is 0. The lowest BCUT2D eigenvalue weighted by molar-refractivity contribution is -0.167. The summed E-state index contributed by atoms with van der Waals surface area (Å²) in [4.78, 5) is 38.5. The van der Waals surface area contributed by atoms with Gasteiger partial charge in [0.2, 0.25) is 0 Å². The third-order valence-corrected chi connectivity index (χ3v) is 15.5. The fourth-order valence-electron chi connectivity index (χ4n) is 10.3. The van der Waals surface area contributed by atoms with Gasteiger partial charge in [-0.2, -0.15) is 0 Å².